The van der Waals surface area contributed by atoms with Crippen molar-refractivity contribution >= 4 is 34.6 Å². The Labute approximate surface area is 141 Å². The second-order valence-electron chi connectivity index (χ2n) is 4.65. The molecular formula is C15H14ClFN2O3S. The summed E-state index contributed by atoms with van der Waals surface area (Å²) < 4.78 is 18.1. The lowest BCUT2D eigenvalue weighted by molar-refractivity contribution is -0.146. The molecule has 2 aromatic rings. The van der Waals surface area contributed by atoms with Crippen LogP contribution in [0.1, 0.15) is 22.5 Å². The molecule has 5 nitrogen and oxygen atoms in total. The minimum absolute atomic E-state index is 0.0771. The number of ether oxygens (including phenoxy) is 1. The van der Waals surface area contributed by atoms with Gasteiger partial charge in [-0.3, -0.25) is 0 Å². The first-order chi connectivity index (χ1) is 10.9. The fraction of sp³-hybridized carbons (Fsp3) is 0.267. The molecule has 8 heteroatoms. The number of aromatic nitrogens is 1. The molecule has 0 saturated heterocycles. The topological polar surface area (TPSA) is 60.8 Å². The predicted molar refractivity (Wildman–Crippen MR) is 86.8 cm³/mol. The zero-order valence-electron chi connectivity index (χ0n) is 12.7. The summed E-state index contributed by atoms with van der Waals surface area (Å²) in [5.74, 6) is -0.983. The average molecular weight is 357 g/mol. The lowest BCUT2D eigenvalue weighted by Gasteiger charge is -2.06. The summed E-state index contributed by atoms with van der Waals surface area (Å²) in [6.07, 6.45) is 0. The van der Waals surface area contributed by atoms with Crippen molar-refractivity contribution in [3.63, 3.8) is 0 Å². The van der Waals surface area contributed by atoms with E-state index in [0.717, 1.165) is 21.6 Å². The number of carbonyl (C=O) groups is 1. The van der Waals surface area contributed by atoms with Crippen LogP contribution in [0.15, 0.2) is 23.4 Å². The van der Waals surface area contributed by atoms with Crippen molar-refractivity contribution in [2.75, 3.05) is 6.61 Å². The molecule has 2 rings (SSSR count). The van der Waals surface area contributed by atoms with E-state index in [1.807, 2.05) is 13.8 Å². The van der Waals surface area contributed by atoms with Crippen LogP contribution in [0.25, 0.3) is 0 Å². The number of hydrogen-bond donors (Lipinski definition) is 0. The highest BCUT2D eigenvalue weighted by atomic mass is 35.5. The Kier molecular flexibility index (Phi) is 5.68. The summed E-state index contributed by atoms with van der Waals surface area (Å²) in [7, 11) is 0. The lowest BCUT2D eigenvalue weighted by atomic mass is 10.3. The van der Waals surface area contributed by atoms with Crippen LogP contribution in [0.3, 0.4) is 0 Å². The first-order valence-electron chi connectivity index (χ1n) is 6.63. The van der Waals surface area contributed by atoms with Gasteiger partial charge in [0.15, 0.2) is 6.61 Å². The third-order valence-corrected chi connectivity index (χ3v) is 4.23. The van der Waals surface area contributed by atoms with Crippen LogP contribution >= 0.6 is 22.9 Å². The molecular weight excluding hydrogens is 343 g/mol. The van der Waals surface area contributed by atoms with E-state index in [2.05, 4.69) is 10.1 Å². The van der Waals surface area contributed by atoms with Gasteiger partial charge in [-0.25, -0.2) is 14.2 Å². The van der Waals surface area contributed by atoms with E-state index in [9.17, 15) is 9.18 Å². The van der Waals surface area contributed by atoms with Crippen molar-refractivity contribution in [2.45, 2.75) is 20.8 Å². The molecule has 0 radical (unpaired) electrons. The highest BCUT2D eigenvalue weighted by Gasteiger charge is 2.11. The average Bonchev–Trinajstić information content (AvgIpc) is 2.82. The van der Waals surface area contributed by atoms with Crippen LogP contribution in [0.2, 0.25) is 5.02 Å². The molecule has 1 aromatic carbocycles. The molecule has 1 heterocycles. The van der Waals surface area contributed by atoms with Crippen molar-refractivity contribution in [3.8, 4) is 5.75 Å². The van der Waals surface area contributed by atoms with E-state index in [0.29, 0.717) is 5.71 Å². The van der Waals surface area contributed by atoms with Gasteiger partial charge in [-0.15, -0.1) is 11.3 Å². The van der Waals surface area contributed by atoms with Gasteiger partial charge in [0.05, 0.1) is 26.3 Å². The van der Waals surface area contributed by atoms with Crippen molar-refractivity contribution in [3.05, 3.63) is 44.6 Å². The largest absolute Gasteiger partial charge is 0.480 e. The van der Waals surface area contributed by atoms with Crippen LogP contribution in [-0.4, -0.2) is 23.3 Å². The highest BCUT2D eigenvalue weighted by Crippen LogP contribution is 2.24. The molecule has 0 aliphatic rings. The molecule has 1 aromatic heterocycles. The third kappa shape index (κ3) is 4.74. The standard InChI is InChI=1S/C15H14ClFN2O3S/c1-8-15(23-10(3)18-8)9(2)19-22-14(20)7-21-13-5-4-11(17)6-12(13)16/h4-6H,7H2,1-3H3/b19-9+. The Bertz CT molecular complexity index is 761. The number of rotatable bonds is 5. The first-order valence-corrected chi connectivity index (χ1v) is 7.83. The fourth-order valence-corrected chi connectivity index (χ4v) is 2.86. The van der Waals surface area contributed by atoms with E-state index >= 15 is 0 Å². The van der Waals surface area contributed by atoms with Crippen molar-refractivity contribution in [1.82, 2.24) is 4.98 Å². The van der Waals surface area contributed by atoms with E-state index in [1.165, 1.54) is 23.5 Å². The van der Waals surface area contributed by atoms with Gasteiger partial charge < -0.3 is 9.57 Å². The lowest BCUT2D eigenvalue weighted by Crippen LogP contribution is -2.13. The summed E-state index contributed by atoms with van der Waals surface area (Å²) in [4.78, 5) is 21.6. The van der Waals surface area contributed by atoms with Gasteiger partial charge in [0.25, 0.3) is 0 Å². The van der Waals surface area contributed by atoms with Gasteiger partial charge in [0, 0.05) is 0 Å². The van der Waals surface area contributed by atoms with Crippen LogP contribution in [0.4, 0.5) is 4.39 Å². The van der Waals surface area contributed by atoms with Crippen molar-refractivity contribution in [2.24, 2.45) is 5.16 Å². The molecule has 0 amide bonds. The zero-order chi connectivity index (χ0) is 17.0. The number of benzene rings is 1. The number of hydrogen-bond acceptors (Lipinski definition) is 6. The van der Waals surface area contributed by atoms with Gasteiger partial charge in [-0.2, -0.15) is 0 Å². The SMILES string of the molecule is C/C(=N\OC(=O)COc1ccc(F)cc1Cl)c1sc(C)nc1C. The monoisotopic (exact) mass is 356 g/mol. The van der Waals surface area contributed by atoms with Crippen molar-refractivity contribution in [1.29, 1.82) is 0 Å². The minimum Gasteiger partial charge on any atom is -0.480 e. The quantitative estimate of drug-likeness (QED) is 0.463. The number of thiazole rings is 1. The molecule has 0 spiro atoms. The summed E-state index contributed by atoms with van der Waals surface area (Å²) in [6.45, 7) is 5.09. The molecule has 0 bridgehead atoms. The minimum atomic E-state index is -0.691. The number of aryl methyl sites for hydroxylation is 2. The van der Waals surface area contributed by atoms with Gasteiger partial charge in [0.1, 0.15) is 11.6 Å². The van der Waals surface area contributed by atoms with Gasteiger partial charge >= 0.3 is 5.97 Å². The van der Waals surface area contributed by atoms with E-state index in [-0.39, 0.29) is 17.4 Å². The molecule has 0 fully saturated rings. The third-order valence-electron chi connectivity index (χ3n) is 2.76. The van der Waals surface area contributed by atoms with E-state index in [4.69, 9.17) is 21.2 Å². The summed E-state index contributed by atoms with van der Waals surface area (Å²) in [5.41, 5.74) is 1.39. The van der Waals surface area contributed by atoms with Crippen molar-refractivity contribution < 1.29 is 18.8 Å². The maximum absolute atomic E-state index is 12.9. The Balaban J connectivity index is 1.92. The number of carbonyl (C=O) groups excluding carboxylic acids is 1. The second-order valence-corrected chi connectivity index (χ2v) is 6.26. The predicted octanol–water partition coefficient (Wildman–Crippen LogP) is 3.90. The van der Waals surface area contributed by atoms with Crippen LogP contribution in [0, 0.1) is 19.7 Å². The molecule has 23 heavy (non-hydrogen) atoms. The molecule has 0 aliphatic carbocycles. The first kappa shape index (κ1) is 17.4. The van der Waals surface area contributed by atoms with Gasteiger partial charge in [-0.05, 0) is 39.0 Å². The molecule has 0 N–H and O–H groups in total. The maximum Gasteiger partial charge on any atom is 0.372 e. The molecule has 122 valence electrons. The Hall–Kier alpha value is -1.99. The Morgan fingerprint density at radius 1 is 1.43 bits per heavy atom. The van der Waals surface area contributed by atoms with Crippen LogP contribution in [0.5, 0.6) is 5.75 Å². The Morgan fingerprint density at radius 3 is 2.78 bits per heavy atom. The Morgan fingerprint density at radius 2 is 2.17 bits per heavy atom. The van der Waals surface area contributed by atoms with E-state index < -0.39 is 11.8 Å². The summed E-state index contributed by atoms with van der Waals surface area (Å²) in [6, 6.07) is 3.62. The second kappa shape index (κ2) is 7.52. The van der Waals surface area contributed by atoms with E-state index in [1.54, 1.807) is 6.92 Å². The number of halogens is 2. The maximum atomic E-state index is 12.9. The highest BCUT2D eigenvalue weighted by molar-refractivity contribution is 7.13. The fourth-order valence-electron chi connectivity index (χ4n) is 1.78. The summed E-state index contributed by atoms with van der Waals surface area (Å²) >= 11 is 7.26. The smallest absolute Gasteiger partial charge is 0.372 e. The number of oxime groups is 1. The summed E-state index contributed by atoms with van der Waals surface area (Å²) in [5, 5.41) is 4.77. The van der Waals surface area contributed by atoms with Gasteiger partial charge in [0.2, 0.25) is 0 Å². The molecule has 0 atom stereocenters. The molecule has 0 aliphatic heterocycles. The van der Waals surface area contributed by atoms with Crippen LogP contribution in [-0.2, 0) is 9.63 Å². The molecule has 0 unspecified atom stereocenters. The van der Waals surface area contributed by atoms with Crippen LogP contribution < -0.4 is 4.74 Å². The number of nitrogens with zero attached hydrogens (tertiary/aromatic N) is 2. The zero-order valence-corrected chi connectivity index (χ0v) is 14.3. The van der Waals surface area contributed by atoms with Gasteiger partial charge in [-0.1, -0.05) is 16.8 Å². The molecule has 0 saturated carbocycles. The normalized spacial score (nSPS) is 11.4.